The van der Waals surface area contributed by atoms with Crippen molar-refractivity contribution < 1.29 is 0 Å². The number of fused-ring (bicyclic) bond motifs is 1. The molecule has 0 atom stereocenters. The molecular weight excluding hydrogens is 216 g/mol. The van der Waals surface area contributed by atoms with Gasteiger partial charge in [-0.2, -0.15) is 0 Å². The van der Waals surface area contributed by atoms with Crippen molar-refractivity contribution in [3.05, 3.63) is 76.9 Å². The van der Waals surface area contributed by atoms with E-state index in [2.05, 4.69) is 61.5 Å². The zero-order chi connectivity index (χ0) is 13.0. The maximum Gasteiger partial charge on any atom is -0.00819 e. The van der Waals surface area contributed by atoms with Crippen molar-refractivity contribution in [1.29, 1.82) is 0 Å². The highest BCUT2D eigenvalue weighted by molar-refractivity contribution is 5.84. The molecule has 1 aliphatic rings. The van der Waals surface area contributed by atoms with E-state index in [4.69, 9.17) is 0 Å². The largest absolute Gasteiger partial charge is 0.0716 e. The molecule has 18 heavy (non-hydrogen) atoms. The second-order valence-electron chi connectivity index (χ2n) is 4.35. The van der Waals surface area contributed by atoms with Gasteiger partial charge in [-0.25, -0.2) is 0 Å². The molecule has 0 heterocycles. The predicted octanol–water partition coefficient (Wildman–Crippen LogP) is 5.01. The summed E-state index contributed by atoms with van der Waals surface area (Å²) in [5, 5.41) is 0. The van der Waals surface area contributed by atoms with Crippen molar-refractivity contribution in [3.63, 3.8) is 0 Å². The Balaban J connectivity index is 0.000000574. The third kappa shape index (κ3) is 2.38. The maximum atomic E-state index is 2.33. The molecule has 0 N–H and O–H groups in total. The molecule has 0 fully saturated rings. The van der Waals surface area contributed by atoms with Crippen molar-refractivity contribution in [2.45, 2.75) is 27.2 Å². The van der Waals surface area contributed by atoms with E-state index in [1.165, 1.54) is 27.8 Å². The zero-order valence-electron chi connectivity index (χ0n) is 11.4. The highest BCUT2D eigenvalue weighted by Crippen LogP contribution is 2.32. The topological polar surface area (TPSA) is 0 Å². The number of allylic oxidation sites excluding steroid dienone is 1. The normalized spacial score (nSPS) is 12.3. The molecule has 0 heteroatoms. The molecule has 0 nitrogen and oxygen atoms in total. The van der Waals surface area contributed by atoms with E-state index < -0.39 is 0 Å². The summed E-state index contributed by atoms with van der Waals surface area (Å²) in [6, 6.07) is 17.4. The Labute approximate surface area is 110 Å². The lowest BCUT2D eigenvalue weighted by Crippen LogP contribution is -1.87. The molecule has 0 radical (unpaired) electrons. The summed E-state index contributed by atoms with van der Waals surface area (Å²) in [6.45, 7) is 6.14. The van der Waals surface area contributed by atoms with E-state index in [1.807, 2.05) is 13.8 Å². The number of aryl methyl sites for hydroxylation is 1. The third-order valence-corrected chi connectivity index (χ3v) is 3.16. The van der Waals surface area contributed by atoms with Gasteiger partial charge in [-0.15, -0.1) is 0 Å². The average Bonchev–Trinajstić information content (AvgIpc) is 2.85. The van der Waals surface area contributed by atoms with Crippen LogP contribution in [-0.4, -0.2) is 0 Å². The van der Waals surface area contributed by atoms with E-state index >= 15 is 0 Å². The molecule has 0 unspecified atom stereocenters. The van der Waals surface area contributed by atoms with Crippen LogP contribution < -0.4 is 0 Å². The summed E-state index contributed by atoms with van der Waals surface area (Å²) < 4.78 is 0. The molecule has 1 aliphatic carbocycles. The summed E-state index contributed by atoms with van der Waals surface area (Å²) in [6.07, 6.45) is 3.40. The second kappa shape index (κ2) is 5.68. The first-order valence-electron chi connectivity index (χ1n) is 6.70. The number of rotatable bonds is 1. The lowest BCUT2D eigenvalue weighted by Gasteiger charge is -2.06. The maximum absolute atomic E-state index is 2.33. The van der Waals surface area contributed by atoms with Crippen LogP contribution >= 0.6 is 0 Å². The van der Waals surface area contributed by atoms with Crippen LogP contribution in [0.4, 0.5) is 0 Å². The van der Waals surface area contributed by atoms with Gasteiger partial charge in [-0.1, -0.05) is 74.0 Å². The molecule has 2 aromatic carbocycles. The second-order valence-corrected chi connectivity index (χ2v) is 4.35. The third-order valence-electron chi connectivity index (χ3n) is 3.16. The van der Waals surface area contributed by atoms with Crippen LogP contribution in [0.5, 0.6) is 0 Å². The fourth-order valence-corrected chi connectivity index (χ4v) is 2.37. The molecule has 3 rings (SSSR count). The van der Waals surface area contributed by atoms with E-state index in [-0.39, 0.29) is 0 Å². The van der Waals surface area contributed by atoms with Crippen molar-refractivity contribution in [1.82, 2.24) is 0 Å². The van der Waals surface area contributed by atoms with Crippen LogP contribution in [-0.2, 0) is 6.42 Å². The highest BCUT2D eigenvalue weighted by Gasteiger charge is 2.14. The minimum absolute atomic E-state index is 1.07. The van der Waals surface area contributed by atoms with Crippen molar-refractivity contribution in [3.8, 4) is 0 Å². The van der Waals surface area contributed by atoms with Gasteiger partial charge in [-0.05, 0) is 35.6 Å². The highest BCUT2D eigenvalue weighted by atomic mass is 14.2. The van der Waals surface area contributed by atoms with Gasteiger partial charge in [-0.3, -0.25) is 0 Å². The first-order chi connectivity index (χ1) is 8.84. The zero-order valence-corrected chi connectivity index (χ0v) is 11.4. The monoisotopic (exact) mass is 236 g/mol. The Kier molecular flexibility index (Phi) is 3.99. The van der Waals surface area contributed by atoms with Gasteiger partial charge >= 0.3 is 0 Å². The van der Waals surface area contributed by atoms with Crippen LogP contribution in [0.2, 0.25) is 0 Å². The lowest BCUT2D eigenvalue weighted by atomic mass is 9.98. The first-order valence-corrected chi connectivity index (χ1v) is 6.70. The van der Waals surface area contributed by atoms with Gasteiger partial charge in [0, 0.05) is 0 Å². The molecule has 0 aromatic heterocycles. The van der Waals surface area contributed by atoms with Crippen molar-refractivity contribution in [2.75, 3.05) is 0 Å². The van der Waals surface area contributed by atoms with Crippen molar-refractivity contribution >= 4 is 5.57 Å². The Hall–Kier alpha value is -1.82. The van der Waals surface area contributed by atoms with Gasteiger partial charge in [0.15, 0.2) is 0 Å². The molecule has 0 bridgehead atoms. The Morgan fingerprint density at radius 1 is 0.889 bits per heavy atom. The fourth-order valence-electron chi connectivity index (χ4n) is 2.37. The van der Waals surface area contributed by atoms with E-state index in [1.54, 1.807) is 0 Å². The summed E-state index contributed by atoms with van der Waals surface area (Å²) in [7, 11) is 0. The minimum atomic E-state index is 1.07. The molecule has 0 saturated carbocycles. The van der Waals surface area contributed by atoms with Crippen molar-refractivity contribution in [2.24, 2.45) is 0 Å². The Morgan fingerprint density at radius 2 is 1.67 bits per heavy atom. The molecule has 0 amide bonds. The van der Waals surface area contributed by atoms with Crippen LogP contribution in [0, 0.1) is 6.92 Å². The summed E-state index contributed by atoms with van der Waals surface area (Å²) in [5.74, 6) is 0. The van der Waals surface area contributed by atoms with E-state index in [0.29, 0.717) is 0 Å². The quantitative estimate of drug-likeness (QED) is 0.653. The average molecular weight is 236 g/mol. The van der Waals surface area contributed by atoms with Gasteiger partial charge in [0.1, 0.15) is 0 Å². The van der Waals surface area contributed by atoms with E-state index in [9.17, 15) is 0 Å². The molecule has 92 valence electrons. The van der Waals surface area contributed by atoms with Crippen LogP contribution in [0.1, 0.15) is 36.1 Å². The van der Waals surface area contributed by atoms with Gasteiger partial charge in [0.25, 0.3) is 0 Å². The van der Waals surface area contributed by atoms with Gasteiger partial charge < -0.3 is 0 Å². The van der Waals surface area contributed by atoms with Gasteiger partial charge in [0.05, 0.1) is 0 Å². The smallest absolute Gasteiger partial charge is 0.00819 e. The van der Waals surface area contributed by atoms with Crippen LogP contribution in [0.15, 0.2) is 54.6 Å². The van der Waals surface area contributed by atoms with Gasteiger partial charge in [0.2, 0.25) is 0 Å². The standard InChI is InChI=1S/C16H14.C2H6/c1-12-5-4-7-14(11-12)16-10-9-13-6-2-3-8-15(13)16;1-2/h2-8,10-11H,9H2,1H3;1-2H3. The Bertz CT molecular complexity index is 562. The van der Waals surface area contributed by atoms with Crippen LogP contribution in [0.3, 0.4) is 0 Å². The number of hydrogen-bond acceptors (Lipinski definition) is 0. The fraction of sp³-hybridized carbons (Fsp3) is 0.222. The SMILES string of the molecule is CC.Cc1cccc(C2=CCc3ccccc32)c1. The molecule has 0 saturated heterocycles. The molecular formula is C18H20. The van der Waals surface area contributed by atoms with E-state index in [0.717, 1.165) is 6.42 Å². The number of hydrogen-bond donors (Lipinski definition) is 0. The molecule has 0 aliphatic heterocycles. The number of benzene rings is 2. The Morgan fingerprint density at radius 3 is 2.44 bits per heavy atom. The first kappa shape index (κ1) is 12.6. The summed E-state index contributed by atoms with van der Waals surface area (Å²) in [5.41, 5.74) is 6.89. The minimum Gasteiger partial charge on any atom is -0.0716 e. The molecule has 2 aromatic rings. The summed E-state index contributed by atoms with van der Waals surface area (Å²) in [4.78, 5) is 0. The van der Waals surface area contributed by atoms with Crippen LogP contribution in [0.25, 0.3) is 5.57 Å². The predicted molar refractivity (Wildman–Crippen MR) is 79.8 cm³/mol. The molecule has 0 spiro atoms. The summed E-state index contributed by atoms with van der Waals surface area (Å²) >= 11 is 0. The lowest BCUT2D eigenvalue weighted by molar-refractivity contribution is 1.31.